The van der Waals surface area contributed by atoms with Crippen molar-refractivity contribution in [2.45, 2.75) is 98.9 Å². The number of benzene rings is 2. The molecular weight excluding hydrogens is 526 g/mol. The summed E-state index contributed by atoms with van der Waals surface area (Å²) in [6.45, 7) is 17.1. The molecule has 0 aliphatic heterocycles. The number of hydrogen-bond donors (Lipinski definition) is 2. The van der Waals surface area contributed by atoms with Gasteiger partial charge in [-0.15, -0.1) is 0 Å². The van der Waals surface area contributed by atoms with E-state index in [2.05, 4.69) is 17.6 Å². The highest BCUT2D eigenvalue weighted by Crippen LogP contribution is 2.42. The highest BCUT2D eigenvalue weighted by molar-refractivity contribution is 6.34. The Morgan fingerprint density at radius 3 is 2.23 bits per heavy atom. The number of anilines is 1. The molecule has 1 aliphatic carbocycles. The van der Waals surface area contributed by atoms with Crippen LogP contribution in [0.15, 0.2) is 36.4 Å². The lowest BCUT2D eigenvalue weighted by Crippen LogP contribution is -2.55. The van der Waals surface area contributed by atoms with Crippen molar-refractivity contribution in [3.63, 3.8) is 0 Å². The topological polar surface area (TPSA) is 87.7 Å². The summed E-state index contributed by atoms with van der Waals surface area (Å²) in [4.78, 5) is 43.3. The van der Waals surface area contributed by atoms with Crippen LogP contribution in [0.25, 0.3) is 0 Å². The van der Waals surface area contributed by atoms with Crippen LogP contribution >= 0.6 is 11.6 Å². The van der Waals surface area contributed by atoms with Crippen LogP contribution in [0.2, 0.25) is 5.02 Å². The maximum absolute atomic E-state index is 14.5. The van der Waals surface area contributed by atoms with Crippen LogP contribution in [0.4, 0.5) is 10.5 Å². The molecule has 8 heteroatoms. The summed E-state index contributed by atoms with van der Waals surface area (Å²) in [5.74, 6) is -0.626. The third-order valence-electron chi connectivity index (χ3n) is 7.77. The Morgan fingerprint density at radius 1 is 1.07 bits per heavy atom. The quantitative estimate of drug-likeness (QED) is 0.336. The molecule has 7 nitrogen and oxygen atoms in total. The second-order valence-corrected chi connectivity index (χ2v) is 12.6. The normalized spacial score (nSPS) is 18.8. The average Bonchev–Trinajstić information content (AvgIpc) is 3.58. The van der Waals surface area contributed by atoms with Gasteiger partial charge in [0, 0.05) is 6.04 Å². The fourth-order valence-corrected chi connectivity index (χ4v) is 5.19. The molecule has 0 radical (unpaired) electrons. The second kappa shape index (κ2) is 12.6. The minimum Gasteiger partial charge on any atom is -0.444 e. The van der Waals surface area contributed by atoms with Crippen LogP contribution in [-0.2, 0) is 14.3 Å². The number of carbonyl (C=O) groups excluding carboxylic acids is 3. The molecule has 218 valence electrons. The Hall–Kier alpha value is -3.06. The van der Waals surface area contributed by atoms with Gasteiger partial charge in [0.15, 0.2) is 0 Å². The van der Waals surface area contributed by atoms with E-state index in [-0.39, 0.29) is 29.7 Å². The third kappa shape index (κ3) is 7.36. The first kappa shape index (κ1) is 31.5. The monoisotopic (exact) mass is 569 g/mol. The van der Waals surface area contributed by atoms with E-state index in [1.54, 1.807) is 31.7 Å². The van der Waals surface area contributed by atoms with E-state index in [0.29, 0.717) is 17.1 Å². The standard InChI is InChI=1S/C32H44ClN3O4/c1-10-18(2)27(35-31(39)40-32(7,8)9)30(38)36(25-17-21(25)5)28(23-15-11-13-19(3)22(23)6)29(37)34-26-20(4)14-12-16-24(26)33/h11-16,18,21,25,27-28H,10,17H2,1-9H3,(H,34,37)(H,35,39). The molecule has 0 saturated heterocycles. The minimum atomic E-state index is -0.926. The number of halogens is 1. The molecular formula is C32H44ClN3O4. The van der Waals surface area contributed by atoms with Gasteiger partial charge >= 0.3 is 6.09 Å². The molecule has 1 saturated carbocycles. The van der Waals surface area contributed by atoms with Gasteiger partial charge in [-0.1, -0.05) is 69.1 Å². The molecule has 2 N–H and O–H groups in total. The molecule has 0 bridgehead atoms. The maximum Gasteiger partial charge on any atom is 0.408 e. The van der Waals surface area contributed by atoms with Crippen LogP contribution < -0.4 is 10.6 Å². The molecule has 2 aromatic carbocycles. The number of hydrogen-bond acceptors (Lipinski definition) is 4. The molecule has 5 unspecified atom stereocenters. The van der Waals surface area contributed by atoms with Crippen LogP contribution in [0.5, 0.6) is 0 Å². The van der Waals surface area contributed by atoms with Gasteiger partial charge < -0.3 is 20.3 Å². The Balaban J connectivity index is 2.12. The minimum absolute atomic E-state index is 0.150. The van der Waals surface area contributed by atoms with E-state index in [4.69, 9.17) is 16.3 Å². The van der Waals surface area contributed by atoms with Crippen molar-refractivity contribution in [2.75, 3.05) is 5.32 Å². The van der Waals surface area contributed by atoms with Crippen LogP contribution in [0.1, 0.15) is 82.7 Å². The van der Waals surface area contributed by atoms with E-state index < -0.39 is 23.8 Å². The summed E-state index contributed by atoms with van der Waals surface area (Å²) >= 11 is 6.49. The number of nitrogens with one attached hydrogen (secondary N) is 2. The Kier molecular flexibility index (Phi) is 9.94. The van der Waals surface area contributed by atoms with Gasteiger partial charge in [0.05, 0.1) is 10.7 Å². The summed E-state index contributed by atoms with van der Waals surface area (Å²) in [6, 6.07) is 9.29. The van der Waals surface area contributed by atoms with E-state index in [9.17, 15) is 14.4 Å². The molecule has 3 rings (SSSR count). The fourth-order valence-electron chi connectivity index (χ4n) is 4.92. The number of aryl methyl sites for hydroxylation is 2. The van der Waals surface area contributed by atoms with Gasteiger partial charge in [0.2, 0.25) is 5.91 Å². The number of nitrogens with zero attached hydrogens (tertiary/aromatic N) is 1. The number of ether oxygens (including phenoxy) is 1. The van der Waals surface area contributed by atoms with E-state index in [0.717, 1.165) is 28.7 Å². The van der Waals surface area contributed by atoms with Crippen molar-refractivity contribution >= 4 is 35.2 Å². The van der Waals surface area contributed by atoms with Crippen molar-refractivity contribution in [2.24, 2.45) is 11.8 Å². The molecule has 1 fully saturated rings. The lowest BCUT2D eigenvalue weighted by molar-refractivity contribution is -0.142. The number of alkyl carbamates (subject to hydrolysis) is 1. The van der Waals surface area contributed by atoms with Crippen molar-refractivity contribution in [1.82, 2.24) is 10.2 Å². The summed E-state index contributed by atoms with van der Waals surface area (Å²) in [7, 11) is 0. The molecule has 5 atom stereocenters. The molecule has 1 aliphatic rings. The van der Waals surface area contributed by atoms with E-state index in [1.165, 1.54) is 0 Å². The predicted octanol–water partition coefficient (Wildman–Crippen LogP) is 7.12. The molecule has 40 heavy (non-hydrogen) atoms. The largest absolute Gasteiger partial charge is 0.444 e. The molecule has 0 heterocycles. The SMILES string of the molecule is CCC(C)C(NC(=O)OC(C)(C)C)C(=O)N(C(C(=O)Nc1c(C)cccc1Cl)c1cccc(C)c1C)C1CC1C. The lowest BCUT2D eigenvalue weighted by atomic mass is 9.92. The van der Waals surface area contributed by atoms with Crippen LogP contribution in [0, 0.1) is 32.6 Å². The first-order valence-corrected chi connectivity index (χ1v) is 14.5. The second-order valence-electron chi connectivity index (χ2n) is 12.1. The lowest BCUT2D eigenvalue weighted by Gasteiger charge is -2.37. The Morgan fingerprint density at radius 2 is 1.68 bits per heavy atom. The zero-order valence-electron chi connectivity index (χ0n) is 25.2. The van der Waals surface area contributed by atoms with Crippen molar-refractivity contribution in [3.05, 3.63) is 63.7 Å². The van der Waals surface area contributed by atoms with Crippen molar-refractivity contribution in [1.29, 1.82) is 0 Å². The summed E-state index contributed by atoms with van der Waals surface area (Å²) in [5, 5.41) is 6.30. The number of amides is 3. The summed E-state index contributed by atoms with van der Waals surface area (Å²) < 4.78 is 5.51. The first-order chi connectivity index (χ1) is 18.7. The molecule has 3 amide bonds. The van der Waals surface area contributed by atoms with Gasteiger partial charge in [-0.25, -0.2) is 4.79 Å². The maximum atomic E-state index is 14.5. The number of rotatable bonds is 9. The van der Waals surface area contributed by atoms with Crippen molar-refractivity contribution in [3.8, 4) is 0 Å². The zero-order chi connectivity index (χ0) is 29.9. The van der Waals surface area contributed by atoms with Crippen LogP contribution in [0.3, 0.4) is 0 Å². The van der Waals surface area contributed by atoms with Gasteiger partial charge in [0.25, 0.3) is 5.91 Å². The Labute approximate surface area is 244 Å². The Bertz CT molecular complexity index is 1230. The van der Waals surface area contributed by atoms with Crippen molar-refractivity contribution < 1.29 is 19.1 Å². The van der Waals surface area contributed by atoms with Gasteiger partial charge in [0.1, 0.15) is 17.7 Å². The highest BCUT2D eigenvalue weighted by Gasteiger charge is 2.49. The highest BCUT2D eigenvalue weighted by atomic mass is 35.5. The van der Waals surface area contributed by atoms with E-state index in [1.807, 2.05) is 65.0 Å². The molecule has 2 aromatic rings. The third-order valence-corrected chi connectivity index (χ3v) is 8.08. The van der Waals surface area contributed by atoms with E-state index >= 15 is 0 Å². The zero-order valence-corrected chi connectivity index (χ0v) is 26.0. The number of carbonyl (C=O) groups is 3. The van der Waals surface area contributed by atoms with Gasteiger partial charge in [-0.3, -0.25) is 9.59 Å². The predicted molar refractivity (Wildman–Crippen MR) is 161 cm³/mol. The van der Waals surface area contributed by atoms with Crippen LogP contribution in [-0.4, -0.2) is 40.5 Å². The van der Waals surface area contributed by atoms with Gasteiger partial charge in [-0.2, -0.15) is 0 Å². The first-order valence-electron chi connectivity index (χ1n) is 14.1. The van der Waals surface area contributed by atoms with Gasteiger partial charge in [-0.05, 0) is 88.1 Å². The fraction of sp³-hybridized carbons (Fsp3) is 0.531. The number of para-hydroxylation sites is 1. The average molecular weight is 570 g/mol. The summed E-state index contributed by atoms with van der Waals surface area (Å²) in [5.41, 5.74) is 3.32. The molecule has 0 aromatic heterocycles. The smallest absolute Gasteiger partial charge is 0.408 e. The molecule has 0 spiro atoms. The summed E-state index contributed by atoms with van der Waals surface area (Å²) in [6.07, 6.45) is 0.763.